The number of alkyl halides is 1. The summed E-state index contributed by atoms with van der Waals surface area (Å²) in [6.45, 7) is 1.87. The first-order valence-corrected chi connectivity index (χ1v) is 3.11. The minimum Gasteiger partial charge on any atom is -0.327 e. The molecule has 0 aromatic carbocycles. The van der Waals surface area contributed by atoms with Crippen LogP contribution in [0.15, 0.2) is 0 Å². The summed E-state index contributed by atoms with van der Waals surface area (Å²) in [6, 6.07) is 0.139. The SMILES string of the molecule is CCC1(F)CC(N)C1. The third-order valence-corrected chi connectivity index (χ3v) is 1.89. The van der Waals surface area contributed by atoms with Crippen LogP contribution in [0.25, 0.3) is 0 Å². The van der Waals surface area contributed by atoms with Gasteiger partial charge in [-0.2, -0.15) is 0 Å². The van der Waals surface area contributed by atoms with Crippen LogP contribution in [0.1, 0.15) is 26.2 Å². The van der Waals surface area contributed by atoms with Gasteiger partial charge in [-0.15, -0.1) is 0 Å². The van der Waals surface area contributed by atoms with E-state index in [1.165, 1.54) is 0 Å². The van der Waals surface area contributed by atoms with Gasteiger partial charge in [0.2, 0.25) is 0 Å². The van der Waals surface area contributed by atoms with Gasteiger partial charge in [0.05, 0.1) is 0 Å². The van der Waals surface area contributed by atoms with Crippen molar-refractivity contribution in [2.75, 3.05) is 0 Å². The second-order valence-corrected chi connectivity index (χ2v) is 2.67. The van der Waals surface area contributed by atoms with E-state index in [2.05, 4.69) is 0 Å². The molecule has 0 bridgehead atoms. The van der Waals surface area contributed by atoms with Crippen LogP contribution in [0.4, 0.5) is 4.39 Å². The highest BCUT2D eigenvalue weighted by molar-refractivity contribution is 4.95. The molecule has 0 aliphatic heterocycles. The van der Waals surface area contributed by atoms with Crippen LogP contribution in [0.2, 0.25) is 0 Å². The van der Waals surface area contributed by atoms with Gasteiger partial charge < -0.3 is 5.73 Å². The topological polar surface area (TPSA) is 26.0 Å². The first kappa shape index (κ1) is 6.02. The van der Waals surface area contributed by atoms with E-state index in [9.17, 15) is 4.39 Å². The Hall–Kier alpha value is -0.110. The molecule has 1 nitrogen and oxygen atoms in total. The summed E-state index contributed by atoms with van der Waals surface area (Å²) in [5.41, 5.74) is 4.50. The molecular formula is C6H12FN. The Balaban J connectivity index is 2.30. The molecule has 48 valence electrons. The number of nitrogens with two attached hydrogens (primary N) is 1. The van der Waals surface area contributed by atoms with Gasteiger partial charge in [0.1, 0.15) is 5.67 Å². The van der Waals surface area contributed by atoms with E-state index in [-0.39, 0.29) is 6.04 Å². The maximum Gasteiger partial charge on any atom is 0.113 e. The normalized spacial score (nSPS) is 46.1. The van der Waals surface area contributed by atoms with Crippen molar-refractivity contribution in [1.29, 1.82) is 0 Å². The Bertz CT molecular complexity index is 86.5. The van der Waals surface area contributed by atoms with Gasteiger partial charge in [0.15, 0.2) is 0 Å². The number of hydrogen-bond donors (Lipinski definition) is 1. The van der Waals surface area contributed by atoms with Crippen LogP contribution in [0.5, 0.6) is 0 Å². The molecule has 0 radical (unpaired) electrons. The van der Waals surface area contributed by atoms with E-state index < -0.39 is 5.67 Å². The van der Waals surface area contributed by atoms with Crippen molar-refractivity contribution >= 4 is 0 Å². The molecule has 1 rings (SSSR count). The molecule has 1 aliphatic rings. The maximum absolute atomic E-state index is 12.8. The van der Waals surface area contributed by atoms with Gasteiger partial charge in [-0.25, -0.2) is 4.39 Å². The van der Waals surface area contributed by atoms with E-state index in [4.69, 9.17) is 5.73 Å². The molecule has 1 fully saturated rings. The van der Waals surface area contributed by atoms with Gasteiger partial charge in [-0.3, -0.25) is 0 Å². The highest BCUT2D eigenvalue weighted by Crippen LogP contribution is 2.37. The quantitative estimate of drug-likeness (QED) is 0.549. The van der Waals surface area contributed by atoms with Crippen molar-refractivity contribution < 1.29 is 4.39 Å². The maximum atomic E-state index is 12.8. The Morgan fingerprint density at radius 2 is 2.25 bits per heavy atom. The molecule has 1 saturated carbocycles. The van der Waals surface area contributed by atoms with Crippen LogP contribution in [-0.2, 0) is 0 Å². The minimum absolute atomic E-state index is 0.139. The fourth-order valence-corrected chi connectivity index (χ4v) is 1.17. The fraction of sp³-hybridized carbons (Fsp3) is 1.00. The molecule has 0 aromatic rings. The predicted octanol–water partition coefficient (Wildman–Crippen LogP) is 1.23. The standard InChI is InChI=1S/C6H12FN/c1-2-6(7)3-5(8)4-6/h5H,2-4,8H2,1H3. The first-order valence-electron chi connectivity index (χ1n) is 3.11. The summed E-state index contributed by atoms with van der Waals surface area (Å²) in [6.07, 6.45) is 1.77. The van der Waals surface area contributed by atoms with Gasteiger partial charge >= 0.3 is 0 Å². The zero-order chi connectivity index (χ0) is 6.20. The van der Waals surface area contributed by atoms with Crippen LogP contribution in [-0.4, -0.2) is 11.7 Å². The van der Waals surface area contributed by atoms with Gasteiger partial charge in [0, 0.05) is 6.04 Å². The predicted molar refractivity (Wildman–Crippen MR) is 31.3 cm³/mol. The van der Waals surface area contributed by atoms with E-state index in [0.717, 1.165) is 0 Å². The second kappa shape index (κ2) is 1.69. The van der Waals surface area contributed by atoms with Crippen LogP contribution in [0.3, 0.4) is 0 Å². The Labute approximate surface area is 49.1 Å². The molecule has 8 heavy (non-hydrogen) atoms. The van der Waals surface area contributed by atoms with Crippen molar-refractivity contribution in [3.8, 4) is 0 Å². The second-order valence-electron chi connectivity index (χ2n) is 2.67. The molecule has 2 N–H and O–H groups in total. The largest absolute Gasteiger partial charge is 0.327 e. The van der Waals surface area contributed by atoms with Crippen molar-refractivity contribution in [2.45, 2.75) is 37.9 Å². The van der Waals surface area contributed by atoms with Crippen LogP contribution >= 0.6 is 0 Å². The summed E-state index contributed by atoms with van der Waals surface area (Å²) in [5.74, 6) is 0. The summed E-state index contributed by atoms with van der Waals surface area (Å²) in [7, 11) is 0. The summed E-state index contributed by atoms with van der Waals surface area (Å²) in [5, 5.41) is 0. The Kier molecular flexibility index (Phi) is 1.27. The third-order valence-electron chi connectivity index (χ3n) is 1.89. The van der Waals surface area contributed by atoms with Crippen molar-refractivity contribution in [2.24, 2.45) is 5.73 Å². The molecule has 1 aliphatic carbocycles. The Morgan fingerprint density at radius 1 is 1.75 bits per heavy atom. The first-order chi connectivity index (χ1) is 3.66. The zero-order valence-electron chi connectivity index (χ0n) is 5.15. The van der Waals surface area contributed by atoms with Crippen LogP contribution in [0, 0.1) is 0 Å². The minimum atomic E-state index is -0.889. The zero-order valence-corrected chi connectivity index (χ0v) is 5.15. The van der Waals surface area contributed by atoms with Crippen molar-refractivity contribution in [1.82, 2.24) is 0 Å². The van der Waals surface area contributed by atoms with Gasteiger partial charge in [-0.1, -0.05) is 6.92 Å². The lowest BCUT2D eigenvalue weighted by Gasteiger charge is -2.38. The van der Waals surface area contributed by atoms with Crippen molar-refractivity contribution in [3.05, 3.63) is 0 Å². The van der Waals surface area contributed by atoms with E-state index in [1.807, 2.05) is 6.92 Å². The number of halogens is 1. The van der Waals surface area contributed by atoms with Crippen LogP contribution < -0.4 is 5.73 Å². The molecular weight excluding hydrogens is 105 g/mol. The number of hydrogen-bond acceptors (Lipinski definition) is 1. The van der Waals surface area contributed by atoms with Gasteiger partial charge in [-0.05, 0) is 19.3 Å². The molecule has 0 aromatic heterocycles. The van der Waals surface area contributed by atoms with E-state index >= 15 is 0 Å². The molecule has 0 amide bonds. The lowest BCUT2D eigenvalue weighted by molar-refractivity contribution is 0.0401. The molecule has 0 saturated heterocycles. The highest BCUT2D eigenvalue weighted by Gasteiger charge is 2.40. The highest BCUT2D eigenvalue weighted by atomic mass is 19.1. The molecule has 2 heteroatoms. The summed E-state index contributed by atoms with van der Waals surface area (Å²) < 4.78 is 12.8. The lowest BCUT2D eigenvalue weighted by Crippen LogP contribution is -2.47. The average Bonchev–Trinajstić information content (AvgIpc) is 1.63. The average molecular weight is 117 g/mol. The number of rotatable bonds is 1. The van der Waals surface area contributed by atoms with Crippen molar-refractivity contribution in [3.63, 3.8) is 0 Å². The van der Waals surface area contributed by atoms with E-state index in [1.54, 1.807) is 0 Å². The lowest BCUT2D eigenvalue weighted by atomic mass is 9.76. The van der Waals surface area contributed by atoms with E-state index in [0.29, 0.717) is 19.3 Å². The monoisotopic (exact) mass is 117 g/mol. The molecule has 0 heterocycles. The molecule has 0 unspecified atom stereocenters. The smallest absolute Gasteiger partial charge is 0.113 e. The summed E-state index contributed by atoms with van der Waals surface area (Å²) >= 11 is 0. The van der Waals surface area contributed by atoms with Gasteiger partial charge in [0.25, 0.3) is 0 Å². The molecule has 0 spiro atoms. The Morgan fingerprint density at radius 3 is 2.38 bits per heavy atom. The molecule has 0 atom stereocenters. The fourth-order valence-electron chi connectivity index (χ4n) is 1.17. The third kappa shape index (κ3) is 0.848. The summed E-state index contributed by atoms with van der Waals surface area (Å²) in [4.78, 5) is 0.